The van der Waals surface area contributed by atoms with Gasteiger partial charge in [0.1, 0.15) is 0 Å². The molecule has 0 unspecified atom stereocenters. The Labute approximate surface area is 127 Å². The molecular weight excluding hydrogens is 266 g/mol. The van der Waals surface area contributed by atoms with E-state index in [0.717, 1.165) is 44.5 Å². The summed E-state index contributed by atoms with van der Waals surface area (Å²) in [7, 11) is 0. The van der Waals surface area contributed by atoms with Gasteiger partial charge in [-0.1, -0.05) is 26.7 Å². The first kappa shape index (κ1) is 17.1. The van der Waals surface area contributed by atoms with Crippen molar-refractivity contribution in [1.29, 1.82) is 0 Å². The predicted octanol–water partition coefficient (Wildman–Crippen LogP) is 3.10. The largest absolute Gasteiger partial charge is 0.354 e. The molecule has 3 N–H and O–H groups in total. The molecule has 0 saturated heterocycles. The molecule has 0 aliphatic rings. The van der Waals surface area contributed by atoms with Crippen LogP contribution in [-0.2, 0) is 0 Å². The fraction of sp³-hybridized carbons (Fsp3) is 0.714. The molecule has 1 rings (SSSR count). The van der Waals surface area contributed by atoms with Crippen LogP contribution >= 0.6 is 0 Å². The second kappa shape index (κ2) is 9.90. The minimum absolute atomic E-state index is 0.460. The molecule has 1 aromatic rings. The minimum Gasteiger partial charge on any atom is -0.354 e. The maximum atomic E-state index is 4.43. The SMILES string of the molecule is CCCC(CCC)=NNc1nc(NCC)nc(NCC)n1. The Bertz CT molecular complexity index is 413. The van der Waals surface area contributed by atoms with E-state index in [0.29, 0.717) is 17.8 Å². The van der Waals surface area contributed by atoms with Crippen molar-refractivity contribution >= 4 is 23.6 Å². The summed E-state index contributed by atoms with van der Waals surface area (Å²) < 4.78 is 0. The fourth-order valence-corrected chi connectivity index (χ4v) is 1.84. The Hall–Kier alpha value is -1.92. The van der Waals surface area contributed by atoms with Crippen LogP contribution in [0.15, 0.2) is 5.10 Å². The van der Waals surface area contributed by atoms with Gasteiger partial charge in [0, 0.05) is 18.8 Å². The molecule has 0 spiro atoms. The first-order valence-corrected chi connectivity index (χ1v) is 7.78. The second-order valence-corrected chi connectivity index (χ2v) is 4.66. The summed E-state index contributed by atoms with van der Waals surface area (Å²) in [4.78, 5) is 12.9. The van der Waals surface area contributed by atoms with Crippen LogP contribution in [0.4, 0.5) is 17.8 Å². The summed E-state index contributed by atoms with van der Waals surface area (Å²) in [6, 6.07) is 0. The zero-order valence-corrected chi connectivity index (χ0v) is 13.5. The van der Waals surface area contributed by atoms with E-state index in [1.807, 2.05) is 13.8 Å². The molecule has 118 valence electrons. The van der Waals surface area contributed by atoms with E-state index < -0.39 is 0 Å². The monoisotopic (exact) mass is 293 g/mol. The van der Waals surface area contributed by atoms with Gasteiger partial charge in [-0.3, -0.25) is 0 Å². The van der Waals surface area contributed by atoms with E-state index in [4.69, 9.17) is 0 Å². The first-order valence-electron chi connectivity index (χ1n) is 7.78. The number of hydrogen-bond acceptors (Lipinski definition) is 7. The molecule has 0 radical (unpaired) electrons. The van der Waals surface area contributed by atoms with Crippen molar-refractivity contribution < 1.29 is 0 Å². The molecule has 7 nitrogen and oxygen atoms in total. The Morgan fingerprint density at radius 1 is 0.810 bits per heavy atom. The molecule has 7 heteroatoms. The van der Waals surface area contributed by atoms with E-state index in [1.54, 1.807) is 0 Å². The van der Waals surface area contributed by atoms with E-state index in [2.05, 4.69) is 50.0 Å². The summed E-state index contributed by atoms with van der Waals surface area (Å²) in [5, 5.41) is 10.6. The van der Waals surface area contributed by atoms with E-state index in [-0.39, 0.29) is 0 Å². The van der Waals surface area contributed by atoms with Gasteiger partial charge >= 0.3 is 0 Å². The highest BCUT2D eigenvalue weighted by molar-refractivity contribution is 5.84. The molecule has 0 aliphatic heterocycles. The van der Waals surface area contributed by atoms with Gasteiger partial charge in [0.25, 0.3) is 0 Å². The average Bonchev–Trinajstić information content (AvgIpc) is 2.46. The highest BCUT2D eigenvalue weighted by atomic mass is 15.4. The van der Waals surface area contributed by atoms with Crippen LogP contribution < -0.4 is 16.1 Å². The van der Waals surface area contributed by atoms with Crippen LogP contribution in [0.25, 0.3) is 0 Å². The summed E-state index contributed by atoms with van der Waals surface area (Å²) in [6.07, 6.45) is 4.16. The molecule has 1 aromatic heterocycles. The molecule has 0 bridgehead atoms. The van der Waals surface area contributed by atoms with Gasteiger partial charge in [0.05, 0.1) is 0 Å². The molecule has 0 fully saturated rings. The molecular formula is C14H27N7. The van der Waals surface area contributed by atoms with Crippen molar-refractivity contribution in [1.82, 2.24) is 15.0 Å². The molecule has 21 heavy (non-hydrogen) atoms. The quantitative estimate of drug-likeness (QED) is 0.454. The number of nitrogens with zero attached hydrogens (tertiary/aromatic N) is 4. The van der Waals surface area contributed by atoms with E-state index in [1.165, 1.54) is 0 Å². The highest BCUT2D eigenvalue weighted by Gasteiger charge is 2.05. The lowest BCUT2D eigenvalue weighted by Gasteiger charge is -2.09. The third kappa shape index (κ3) is 6.37. The number of nitrogens with one attached hydrogen (secondary N) is 3. The normalized spacial score (nSPS) is 10.1. The minimum atomic E-state index is 0.460. The topological polar surface area (TPSA) is 87.1 Å². The van der Waals surface area contributed by atoms with Gasteiger partial charge < -0.3 is 10.6 Å². The number of aromatic nitrogens is 3. The summed E-state index contributed by atoms with van der Waals surface area (Å²) >= 11 is 0. The van der Waals surface area contributed by atoms with Gasteiger partial charge in [-0.25, -0.2) is 5.43 Å². The maximum Gasteiger partial charge on any atom is 0.250 e. The summed E-state index contributed by atoms with van der Waals surface area (Å²) in [6.45, 7) is 9.83. The molecule has 0 saturated carbocycles. The lowest BCUT2D eigenvalue weighted by molar-refractivity contribution is 0.905. The van der Waals surface area contributed by atoms with Crippen molar-refractivity contribution in [2.24, 2.45) is 5.10 Å². The van der Waals surface area contributed by atoms with Crippen LogP contribution in [0.1, 0.15) is 53.4 Å². The third-order valence-corrected chi connectivity index (χ3v) is 2.70. The van der Waals surface area contributed by atoms with Crippen molar-refractivity contribution in [2.45, 2.75) is 53.4 Å². The lowest BCUT2D eigenvalue weighted by atomic mass is 10.1. The molecule has 0 aliphatic carbocycles. The number of hydrogen-bond donors (Lipinski definition) is 3. The molecule has 0 atom stereocenters. The van der Waals surface area contributed by atoms with Crippen LogP contribution in [0.2, 0.25) is 0 Å². The Morgan fingerprint density at radius 2 is 1.29 bits per heavy atom. The predicted molar refractivity (Wildman–Crippen MR) is 89.0 cm³/mol. The summed E-state index contributed by atoms with van der Waals surface area (Å²) in [5.74, 6) is 1.56. The van der Waals surface area contributed by atoms with Gasteiger partial charge in [0.15, 0.2) is 0 Å². The Morgan fingerprint density at radius 3 is 1.71 bits per heavy atom. The summed E-state index contributed by atoms with van der Waals surface area (Å²) in [5.41, 5.74) is 4.11. The van der Waals surface area contributed by atoms with Crippen LogP contribution in [0, 0.1) is 0 Å². The van der Waals surface area contributed by atoms with Crippen LogP contribution in [-0.4, -0.2) is 33.8 Å². The zero-order chi connectivity index (χ0) is 15.5. The highest BCUT2D eigenvalue weighted by Crippen LogP contribution is 2.10. The van der Waals surface area contributed by atoms with Crippen molar-refractivity contribution in [3.63, 3.8) is 0 Å². The second-order valence-electron chi connectivity index (χ2n) is 4.66. The molecule has 1 heterocycles. The lowest BCUT2D eigenvalue weighted by Crippen LogP contribution is -2.11. The van der Waals surface area contributed by atoms with Gasteiger partial charge in [-0.2, -0.15) is 20.1 Å². The fourth-order valence-electron chi connectivity index (χ4n) is 1.84. The van der Waals surface area contributed by atoms with Gasteiger partial charge in [0.2, 0.25) is 17.8 Å². The maximum absolute atomic E-state index is 4.43. The van der Waals surface area contributed by atoms with Crippen molar-refractivity contribution in [3.8, 4) is 0 Å². The number of anilines is 3. The number of hydrazone groups is 1. The van der Waals surface area contributed by atoms with E-state index in [9.17, 15) is 0 Å². The number of rotatable bonds is 10. The smallest absolute Gasteiger partial charge is 0.250 e. The average molecular weight is 293 g/mol. The van der Waals surface area contributed by atoms with Crippen LogP contribution in [0.3, 0.4) is 0 Å². The zero-order valence-electron chi connectivity index (χ0n) is 13.5. The molecule has 0 amide bonds. The molecule has 0 aromatic carbocycles. The van der Waals surface area contributed by atoms with E-state index >= 15 is 0 Å². The van der Waals surface area contributed by atoms with Gasteiger partial charge in [-0.15, -0.1) is 0 Å². The third-order valence-electron chi connectivity index (χ3n) is 2.70. The Balaban J connectivity index is 2.86. The van der Waals surface area contributed by atoms with Crippen molar-refractivity contribution in [3.05, 3.63) is 0 Å². The van der Waals surface area contributed by atoms with Crippen LogP contribution in [0.5, 0.6) is 0 Å². The van der Waals surface area contributed by atoms with Gasteiger partial charge in [-0.05, 0) is 26.7 Å². The Kier molecular flexibility index (Phi) is 8.08. The van der Waals surface area contributed by atoms with Crippen molar-refractivity contribution in [2.75, 3.05) is 29.1 Å². The standard InChI is InChI=1S/C14H27N7/c1-5-9-11(10-6-2)20-21-14-18-12(15-7-3)17-13(19-14)16-8-4/h5-10H2,1-4H3,(H3,15,16,17,18,19,21). The first-order chi connectivity index (χ1) is 10.2.